The van der Waals surface area contributed by atoms with E-state index >= 15 is 0 Å². The number of rotatable bonds is 5. The molecule has 1 fully saturated rings. The van der Waals surface area contributed by atoms with Crippen LogP contribution in [0.2, 0.25) is 5.02 Å². The van der Waals surface area contributed by atoms with Gasteiger partial charge in [0.05, 0.1) is 0 Å². The van der Waals surface area contributed by atoms with Gasteiger partial charge in [-0.15, -0.1) is 0 Å². The Labute approximate surface area is 160 Å². The van der Waals surface area contributed by atoms with Gasteiger partial charge in [-0.3, -0.25) is 9.69 Å². The summed E-state index contributed by atoms with van der Waals surface area (Å²) in [5.74, 6) is -0.0114. The van der Waals surface area contributed by atoms with Gasteiger partial charge in [0, 0.05) is 36.8 Å². The van der Waals surface area contributed by atoms with Crippen molar-refractivity contribution in [3.8, 4) is 0 Å². The van der Waals surface area contributed by atoms with Gasteiger partial charge in [-0.2, -0.15) is 0 Å². The van der Waals surface area contributed by atoms with E-state index in [9.17, 15) is 4.79 Å². The molecular weight excluding hydrogens is 344 g/mol. The van der Waals surface area contributed by atoms with Gasteiger partial charge in [0.1, 0.15) is 0 Å². The molecule has 2 aromatic carbocycles. The Morgan fingerprint density at radius 1 is 1.19 bits per heavy atom. The number of piperidine rings is 1. The number of carbonyl (C=O) groups excluding carboxylic acids is 1. The molecule has 0 unspecified atom stereocenters. The van der Waals surface area contributed by atoms with Crippen LogP contribution in [0.4, 0.5) is 0 Å². The number of carbonyl (C=O) groups is 1. The van der Waals surface area contributed by atoms with E-state index in [1.54, 1.807) is 6.08 Å². The lowest BCUT2D eigenvalue weighted by Crippen LogP contribution is -2.43. The molecule has 1 aliphatic heterocycles. The van der Waals surface area contributed by atoms with Gasteiger partial charge in [-0.1, -0.05) is 53.6 Å². The maximum atomic E-state index is 12.1. The molecule has 1 saturated heterocycles. The molecule has 3 nitrogen and oxygen atoms in total. The van der Waals surface area contributed by atoms with Gasteiger partial charge in [0.2, 0.25) is 5.91 Å². The van der Waals surface area contributed by atoms with Crippen molar-refractivity contribution in [2.75, 3.05) is 13.1 Å². The van der Waals surface area contributed by atoms with E-state index in [-0.39, 0.29) is 11.9 Å². The van der Waals surface area contributed by atoms with Crippen LogP contribution in [-0.2, 0) is 11.3 Å². The third-order valence-corrected chi connectivity index (χ3v) is 4.97. The van der Waals surface area contributed by atoms with Crippen LogP contribution < -0.4 is 5.32 Å². The number of hydrogen-bond acceptors (Lipinski definition) is 2. The third kappa shape index (κ3) is 5.72. The quantitative estimate of drug-likeness (QED) is 0.791. The summed E-state index contributed by atoms with van der Waals surface area (Å²) in [7, 11) is 0. The number of nitrogens with zero attached hydrogens (tertiary/aromatic N) is 1. The van der Waals surface area contributed by atoms with E-state index in [0.29, 0.717) is 0 Å². The lowest BCUT2D eigenvalue weighted by Gasteiger charge is -2.32. The molecule has 0 bridgehead atoms. The van der Waals surface area contributed by atoms with Gasteiger partial charge >= 0.3 is 0 Å². The van der Waals surface area contributed by atoms with Crippen LogP contribution in [0.5, 0.6) is 0 Å². The third-order valence-electron chi connectivity index (χ3n) is 4.72. The number of likely N-dealkylation sites (tertiary alicyclic amines) is 1. The molecule has 136 valence electrons. The first-order chi connectivity index (χ1) is 12.6. The Morgan fingerprint density at radius 2 is 1.92 bits per heavy atom. The minimum absolute atomic E-state index is 0.0114. The second-order valence-corrected chi connectivity index (χ2v) is 7.37. The Hall–Kier alpha value is -2.10. The summed E-state index contributed by atoms with van der Waals surface area (Å²) in [4.78, 5) is 14.6. The minimum Gasteiger partial charge on any atom is -0.350 e. The number of nitrogens with one attached hydrogen (secondary N) is 1. The summed E-state index contributed by atoms with van der Waals surface area (Å²) in [6, 6.07) is 16.4. The van der Waals surface area contributed by atoms with Crippen LogP contribution in [0.15, 0.2) is 54.6 Å². The van der Waals surface area contributed by atoms with Crippen LogP contribution in [0, 0.1) is 6.92 Å². The van der Waals surface area contributed by atoms with Gasteiger partial charge in [-0.25, -0.2) is 0 Å². The molecular formula is C22H25ClN2O. The largest absolute Gasteiger partial charge is 0.350 e. The minimum atomic E-state index is -0.0114. The monoisotopic (exact) mass is 368 g/mol. The Bertz CT molecular complexity index is 762. The van der Waals surface area contributed by atoms with Crippen molar-refractivity contribution in [2.24, 2.45) is 0 Å². The van der Waals surface area contributed by atoms with Crippen LogP contribution in [0.3, 0.4) is 0 Å². The molecule has 1 N–H and O–H groups in total. The summed E-state index contributed by atoms with van der Waals surface area (Å²) >= 11 is 5.94. The first-order valence-corrected chi connectivity index (χ1v) is 9.48. The highest BCUT2D eigenvalue weighted by Crippen LogP contribution is 2.16. The van der Waals surface area contributed by atoms with Gasteiger partial charge in [0.15, 0.2) is 0 Å². The van der Waals surface area contributed by atoms with Gasteiger partial charge < -0.3 is 5.32 Å². The number of aryl methyl sites for hydroxylation is 1. The lowest BCUT2D eigenvalue weighted by molar-refractivity contribution is -0.117. The SMILES string of the molecule is Cc1cccc(/C=C/C(=O)NC2CCN(Cc3ccc(Cl)cc3)CC2)c1. The highest BCUT2D eigenvalue weighted by molar-refractivity contribution is 6.30. The maximum Gasteiger partial charge on any atom is 0.244 e. The van der Waals surface area contributed by atoms with E-state index in [4.69, 9.17) is 11.6 Å². The molecule has 1 amide bonds. The molecule has 2 aromatic rings. The molecule has 26 heavy (non-hydrogen) atoms. The molecule has 0 radical (unpaired) electrons. The molecule has 1 heterocycles. The molecule has 0 spiro atoms. The normalized spacial score (nSPS) is 16.1. The zero-order chi connectivity index (χ0) is 18.4. The van der Waals surface area contributed by atoms with Crippen molar-refractivity contribution in [1.29, 1.82) is 0 Å². The Morgan fingerprint density at radius 3 is 2.62 bits per heavy atom. The van der Waals surface area contributed by atoms with Crippen molar-refractivity contribution in [2.45, 2.75) is 32.4 Å². The van der Waals surface area contributed by atoms with Crippen LogP contribution >= 0.6 is 11.6 Å². The summed E-state index contributed by atoms with van der Waals surface area (Å²) in [5.41, 5.74) is 3.52. The average molecular weight is 369 g/mol. The summed E-state index contributed by atoms with van der Waals surface area (Å²) in [5, 5.41) is 3.90. The summed E-state index contributed by atoms with van der Waals surface area (Å²) in [6.07, 6.45) is 5.47. The first kappa shape index (κ1) is 18.7. The molecule has 3 rings (SSSR count). The van der Waals surface area contributed by atoms with Gasteiger partial charge in [-0.05, 0) is 49.1 Å². The van der Waals surface area contributed by atoms with Crippen molar-refractivity contribution in [1.82, 2.24) is 10.2 Å². The molecule has 0 atom stereocenters. The maximum absolute atomic E-state index is 12.1. The van der Waals surface area contributed by atoms with E-state index in [2.05, 4.69) is 41.4 Å². The predicted octanol–water partition coefficient (Wildman–Crippen LogP) is 4.44. The zero-order valence-electron chi connectivity index (χ0n) is 15.1. The van der Waals surface area contributed by atoms with Crippen LogP contribution in [0.1, 0.15) is 29.5 Å². The number of amides is 1. The first-order valence-electron chi connectivity index (χ1n) is 9.10. The van der Waals surface area contributed by atoms with E-state index in [1.165, 1.54) is 11.1 Å². The van der Waals surface area contributed by atoms with Crippen LogP contribution in [0.25, 0.3) is 6.08 Å². The molecule has 0 saturated carbocycles. The van der Waals surface area contributed by atoms with E-state index in [0.717, 1.165) is 43.1 Å². The Balaban J connectivity index is 1.43. The molecule has 0 aromatic heterocycles. The summed E-state index contributed by atoms with van der Waals surface area (Å²) < 4.78 is 0. The highest BCUT2D eigenvalue weighted by atomic mass is 35.5. The smallest absolute Gasteiger partial charge is 0.244 e. The van der Waals surface area contributed by atoms with Crippen molar-refractivity contribution < 1.29 is 4.79 Å². The molecule has 1 aliphatic rings. The average Bonchev–Trinajstić information content (AvgIpc) is 2.64. The van der Waals surface area contributed by atoms with Crippen molar-refractivity contribution in [3.63, 3.8) is 0 Å². The van der Waals surface area contributed by atoms with Crippen LogP contribution in [-0.4, -0.2) is 29.9 Å². The number of halogens is 1. The highest BCUT2D eigenvalue weighted by Gasteiger charge is 2.20. The van der Waals surface area contributed by atoms with E-state index in [1.807, 2.05) is 30.3 Å². The fraction of sp³-hybridized carbons (Fsp3) is 0.318. The summed E-state index contributed by atoms with van der Waals surface area (Å²) in [6.45, 7) is 4.98. The zero-order valence-corrected chi connectivity index (χ0v) is 15.9. The van der Waals surface area contributed by atoms with Crippen molar-refractivity contribution >= 4 is 23.6 Å². The number of hydrogen-bond donors (Lipinski definition) is 1. The topological polar surface area (TPSA) is 32.3 Å². The molecule has 4 heteroatoms. The standard InChI is InChI=1S/C22H25ClN2O/c1-17-3-2-4-18(15-17)7-10-22(26)24-21-11-13-25(14-12-21)16-19-5-8-20(23)9-6-19/h2-10,15,21H,11-14,16H2,1H3,(H,24,26)/b10-7+. The molecule has 0 aliphatic carbocycles. The second-order valence-electron chi connectivity index (χ2n) is 6.93. The second kappa shape index (κ2) is 9.02. The fourth-order valence-electron chi connectivity index (χ4n) is 3.28. The Kier molecular flexibility index (Phi) is 6.48. The van der Waals surface area contributed by atoms with E-state index < -0.39 is 0 Å². The lowest BCUT2D eigenvalue weighted by atomic mass is 10.0. The predicted molar refractivity (Wildman–Crippen MR) is 108 cm³/mol. The van der Waals surface area contributed by atoms with Gasteiger partial charge in [0.25, 0.3) is 0 Å². The van der Waals surface area contributed by atoms with Crippen molar-refractivity contribution in [3.05, 3.63) is 76.3 Å². The number of benzene rings is 2. The fourth-order valence-corrected chi connectivity index (χ4v) is 3.40.